The van der Waals surface area contributed by atoms with E-state index in [-0.39, 0.29) is 16.6 Å². The van der Waals surface area contributed by atoms with Crippen LogP contribution in [0, 0.1) is 5.92 Å². The Morgan fingerprint density at radius 2 is 1.90 bits per heavy atom. The fraction of sp³-hybridized carbons (Fsp3) is 0.500. The Kier molecular flexibility index (Phi) is 6.07. The van der Waals surface area contributed by atoms with Gasteiger partial charge in [0.05, 0.1) is 10.6 Å². The Balaban J connectivity index is 3.17. The van der Waals surface area contributed by atoms with Gasteiger partial charge in [-0.2, -0.15) is 0 Å². The van der Waals surface area contributed by atoms with Crippen LogP contribution in [0.1, 0.15) is 27.2 Å². The van der Waals surface area contributed by atoms with E-state index in [0.717, 1.165) is 11.8 Å². The lowest BCUT2D eigenvalue weighted by atomic mass is 10.1. The molecule has 6 heteroatoms. The molecule has 0 fully saturated rings. The molecule has 0 aliphatic rings. The number of hydrogen-bond acceptors (Lipinski definition) is 4. The van der Waals surface area contributed by atoms with Crippen LogP contribution in [-0.2, 0) is 14.6 Å². The molecule has 0 heterocycles. The van der Waals surface area contributed by atoms with Crippen molar-refractivity contribution in [2.75, 3.05) is 5.75 Å². The van der Waals surface area contributed by atoms with Crippen molar-refractivity contribution in [1.82, 2.24) is 0 Å². The first kappa shape index (κ1) is 17.0. The minimum absolute atomic E-state index is 0.0734. The highest BCUT2D eigenvalue weighted by molar-refractivity contribution is 8.01. The molecule has 0 amide bonds. The molecule has 1 N–H and O–H groups in total. The maximum atomic E-state index is 12.2. The van der Waals surface area contributed by atoms with Crippen molar-refractivity contribution in [3.63, 3.8) is 0 Å². The smallest absolute Gasteiger partial charge is 0.317 e. The van der Waals surface area contributed by atoms with E-state index in [0.29, 0.717) is 11.3 Å². The van der Waals surface area contributed by atoms with E-state index in [1.165, 1.54) is 0 Å². The Morgan fingerprint density at radius 3 is 2.40 bits per heavy atom. The van der Waals surface area contributed by atoms with Crippen LogP contribution in [0.2, 0.25) is 0 Å². The summed E-state index contributed by atoms with van der Waals surface area (Å²) in [5, 5.41) is 8.57. The molecule has 1 unspecified atom stereocenters. The van der Waals surface area contributed by atoms with Gasteiger partial charge in [0.1, 0.15) is 5.25 Å². The number of thioether (sulfide) groups is 1. The summed E-state index contributed by atoms with van der Waals surface area (Å²) >= 11 is 1.11. The van der Waals surface area contributed by atoms with Crippen LogP contribution in [0.15, 0.2) is 34.1 Å². The van der Waals surface area contributed by atoms with Gasteiger partial charge in [-0.3, -0.25) is 4.79 Å². The summed E-state index contributed by atoms with van der Waals surface area (Å²) in [7, 11) is -3.35. The number of benzene rings is 1. The van der Waals surface area contributed by atoms with Crippen LogP contribution >= 0.6 is 11.8 Å². The van der Waals surface area contributed by atoms with Crippen molar-refractivity contribution in [2.24, 2.45) is 5.92 Å². The third kappa shape index (κ3) is 4.24. The molecule has 0 aliphatic heterocycles. The summed E-state index contributed by atoms with van der Waals surface area (Å²) in [5.74, 6) is -0.934. The van der Waals surface area contributed by atoms with Crippen molar-refractivity contribution in [1.29, 1.82) is 0 Å². The van der Waals surface area contributed by atoms with Crippen molar-refractivity contribution in [3.8, 4) is 0 Å². The number of carbonyl (C=O) groups is 1. The molecule has 1 atom stereocenters. The van der Waals surface area contributed by atoms with E-state index in [4.69, 9.17) is 0 Å². The van der Waals surface area contributed by atoms with Crippen molar-refractivity contribution in [2.45, 2.75) is 42.2 Å². The summed E-state index contributed by atoms with van der Waals surface area (Å²) in [5.41, 5.74) is 0. The molecule has 0 saturated carbocycles. The number of sulfone groups is 1. The van der Waals surface area contributed by atoms with E-state index >= 15 is 0 Å². The fourth-order valence-corrected chi connectivity index (χ4v) is 4.72. The summed E-state index contributed by atoms with van der Waals surface area (Å²) in [6.45, 7) is 5.44. The van der Waals surface area contributed by atoms with E-state index < -0.39 is 21.1 Å². The van der Waals surface area contributed by atoms with Gasteiger partial charge in [-0.25, -0.2) is 8.42 Å². The number of aliphatic carboxylic acids is 1. The molecular formula is C14H20O4S2. The summed E-state index contributed by atoms with van der Waals surface area (Å²) in [4.78, 5) is 12.0. The molecule has 0 aliphatic carbocycles. The first-order chi connectivity index (χ1) is 9.29. The molecule has 1 aromatic carbocycles. The second-order valence-electron chi connectivity index (χ2n) is 4.89. The highest BCUT2D eigenvalue weighted by atomic mass is 32.2. The standard InChI is InChI=1S/C14H20O4S2/c1-4-9-20(17,18)12-8-6-5-7-11(12)19-13(10(2)3)14(15)16/h5-8,10,13H,4,9H2,1-3H3,(H,15,16). The number of carboxylic acid groups (broad SMARTS) is 1. The predicted molar refractivity (Wildman–Crippen MR) is 80.9 cm³/mol. The van der Waals surface area contributed by atoms with Gasteiger partial charge in [-0.15, -0.1) is 11.8 Å². The lowest BCUT2D eigenvalue weighted by Gasteiger charge is -2.17. The summed E-state index contributed by atoms with van der Waals surface area (Å²) < 4.78 is 24.4. The van der Waals surface area contributed by atoms with Crippen LogP contribution in [0.4, 0.5) is 0 Å². The molecule has 20 heavy (non-hydrogen) atoms. The molecule has 112 valence electrons. The van der Waals surface area contributed by atoms with Gasteiger partial charge in [0, 0.05) is 4.90 Å². The SMILES string of the molecule is CCCS(=O)(=O)c1ccccc1SC(C(=O)O)C(C)C. The van der Waals surface area contributed by atoms with Crippen LogP contribution < -0.4 is 0 Å². The Labute approximate surface area is 124 Å². The van der Waals surface area contributed by atoms with Crippen molar-refractivity contribution in [3.05, 3.63) is 24.3 Å². The van der Waals surface area contributed by atoms with Crippen LogP contribution in [-0.4, -0.2) is 30.5 Å². The Hall–Kier alpha value is -1.01. The first-order valence-corrected chi connectivity index (χ1v) is 9.04. The minimum atomic E-state index is -3.35. The maximum absolute atomic E-state index is 12.2. The highest BCUT2D eigenvalue weighted by Gasteiger charge is 2.26. The minimum Gasteiger partial charge on any atom is -0.480 e. The molecular weight excluding hydrogens is 296 g/mol. The molecule has 0 spiro atoms. The monoisotopic (exact) mass is 316 g/mol. The van der Waals surface area contributed by atoms with E-state index in [2.05, 4.69) is 0 Å². The normalized spacial score (nSPS) is 13.4. The molecule has 0 radical (unpaired) electrons. The van der Waals surface area contributed by atoms with Crippen LogP contribution in [0.25, 0.3) is 0 Å². The third-order valence-electron chi connectivity index (χ3n) is 2.76. The molecule has 4 nitrogen and oxygen atoms in total. The topological polar surface area (TPSA) is 71.4 Å². The zero-order valence-electron chi connectivity index (χ0n) is 11.9. The molecule has 0 aromatic heterocycles. The average Bonchev–Trinajstić information content (AvgIpc) is 2.35. The molecule has 0 bridgehead atoms. The number of rotatable bonds is 7. The molecule has 1 aromatic rings. The van der Waals surface area contributed by atoms with Crippen LogP contribution in [0.3, 0.4) is 0 Å². The van der Waals surface area contributed by atoms with Crippen LogP contribution in [0.5, 0.6) is 0 Å². The quantitative estimate of drug-likeness (QED) is 0.783. The fourth-order valence-electron chi connectivity index (χ4n) is 1.79. The third-order valence-corrected chi connectivity index (χ3v) is 6.47. The zero-order valence-corrected chi connectivity index (χ0v) is 13.5. The lowest BCUT2D eigenvalue weighted by molar-refractivity contribution is -0.137. The first-order valence-electron chi connectivity index (χ1n) is 6.50. The van der Waals surface area contributed by atoms with Gasteiger partial charge in [0.25, 0.3) is 0 Å². The molecule has 0 saturated heterocycles. The Bertz CT molecular complexity index is 564. The highest BCUT2D eigenvalue weighted by Crippen LogP contribution is 2.33. The van der Waals surface area contributed by atoms with Crippen molar-refractivity contribution >= 4 is 27.6 Å². The van der Waals surface area contributed by atoms with E-state index in [1.807, 2.05) is 20.8 Å². The zero-order chi connectivity index (χ0) is 15.3. The van der Waals surface area contributed by atoms with Gasteiger partial charge in [-0.1, -0.05) is 32.9 Å². The number of carboxylic acids is 1. The summed E-state index contributed by atoms with van der Waals surface area (Å²) in [6.07, 6.45) is 0.536. The second kappa shape index (κ2) is 7.13. The summed E-state index contributed by atoms with van der Waals surface area (Å²) in [6, 6.07) is 6.61. The van der Waals surface area contributed by atoms with Gasteiger partial charge < -0.3 is 5.11 Å². The van der Waals surface area contributed by atoms with Crippen molar-refractivity contribution < 1.29 is 18.3 Å². The predicted octanol–water partition coefficient (Wildman–Crippen LogP) is 3.07. The second-order valence-corrected chi connectivity index (χ2v) is 8.15. The number of hydrogen-bond donors (Lipinski definition) is 1. The average molecular weight is 316 g/mol. The van der Waals surface area contributed by atoms with Gasteiger partial charge >= 0.3 is 5.97 Å². The van der Waals surface area contributed by atoms with Gasteiger partial charge in [0.15, 0.2) is 9.84 Å². The maximum Gasteiger partial charge on any atom is 0.317 e. The molecule has 1 rings (SSSR count). The largest absolute Gasteiger partial charge is 0.480 e. The Morgan fingerprint density at radius 1 is 1.30 bits per heavy atom. The van der Waals surface area contributed by atoms with Gasteiger partial charge in [-0.05, 0) is 24.5 Å². The van der Waals surface area contributed by atoms with E-state index in [1.54, 1.807) is 24.3 Å². The van der Waals surface area contributed by atoms with Gasteiger partial charge in [0.2, 0.25) is 0 Å². The lowest BCUT2D eigenvalue weighted by Crippen LogP contribution is -2.22. The van der Waals surface area contributed by atoms with E-state index in [9.17, 15) is 18.3 Å².